The summed E-state index contributed by atoms with van der Waals surface area (Å²) in [5.41, 5.74) is 1.28. The van der Waals surface area contributed by atoms with Gasteiger partial charge >= 0.3 is 0 Å². The fourth-order valence-corrected chi connectivity index (χ4v) is 2.11. The molecule has 0 spiro atoms. The summed E-state index contributed by atoms with van der Waals surface area (Å²) in [7, 11) is 0. The van der Waals surface area contributed by atoms with Crippen molar-refractivity contribution in [1.29, 1.82) is 0 Å². The third-order valence-corrected chi connectivity index (χ3v) is 3.08. The number of amides is 1. The summed E-state index contributed by atoms with van der Waals surface area (Å²) in [6, 6.07) is 9.97. The van der Waals surface area contributed by atoms with Crippen LogP contribution in [0.2, 0.25) is 0 Å². The number of carbonyl (C=O) groups is 1. The van der Waals surface area contributed by atoms with Crippen LogP contribution in [0.25, 0.3) is 5.65 Å². The Morgan fingerprint density at radius 2 is 2.09 bits per heavy atom. The van der Waals surface area contributed by atoms with Crippen molar-refractivity contribution in [3.63, 3.8) is 0 Å². The molecule has 0 fully saturated rings. The number of anilines is 1. The summed E-state index contributed by atoms with van der Waals surface area (Å²) in [5.74, 6) is -0.178. The average molecular weight is 299 g/mol. The molecule has 0 bridgehead atoms. The number of ether oxygens (including phenoxy) is 1. The first-order chi connectivity index (χ1) is 10.7. The molecule has 3 rings (SSSR count). The molecular weight excluding hydrogens is 285 g/mol. The van der Waals surface area contributed by atoms with Crippen LogP contribution in [0, 0.1) is 5.82 Å². The van der Waals surface area contributed by atoms with Crippen LogP contribution in [0.3, 0.4) is 0 Å². The Hall–Kier alpha value is -2.89. The van der Waals surface area contributed by atoms with Crippen molar-refractivity contribution in [2.45, 2.75) is 6.92 Å². The van der Waals surface area contributed by atoms with Crippen LogP contribution in [0.1, 0.15) is 17.4 Å². The van der Waals surface area contributed by atoms with E-state index in [9.17, 15) is 9.18 Å². The SMILES string of the molecule is CCOc1ccccc1NC(=O)c1cn2cc(F)ccc2n1. The van der Waals surface area contributed by atoms with Crippen molar-refractivity contribution in [2.24, 2.45) is 0 Å². The van der Waals surface area contributed by atoms with E-state index in [1.165, 1.54) is 28.9 Å². The van der Waals surface area contributed by atoms with Gasteiger partial charge in [-0.15, -0.1) is 0 Å². The lowest BCUT2D eigenvalue weighted by molar-refractivity contribution is 0.102. The number of halogens is 1. The highest BCUT2D eigenvalue weighted by Crippen LogP contribution is 2.24. The van der Waals surface area contributed by atoms with Gasteiger partial charge in [0.1, 0.15) is 22.9 Å². The Morgan fingerprint density at radius 1 is 1.27 bits per heavy atom. The zero-order chi connectivity index (χ0) is 15.5. The van der Waals surface area contributed by atoms with E-state index in [1.807, 2.05) is 13.0 Å². The van der Waals surface area contributed by atoms with Gasteiger partial charge in [-0.25, -0.2) is 9.37 Å². The van der Waals surface area contributed by atoms with Crippen molar-refractivity contribution in [2.75, 3.05) is 11.9 Å². The molecule has 0 radical (unpaired) electrons. The predicted octanol–water partition coefficient (Wildman–Crippen LogP) is 3.12. The lowest BCUT2D eigenvalue weighted by Gasteiger charge is -2.10. The molecule has 0 aliphatic rings. The fraction of sp³-hybridized carbons (Fsp3) is 0.125. The molecule has 5 nitrogen and oxygen atoms in total. The van der Waals surface area contributed by atoms with Crippen LogP contribution in [0.15, 0.2) is 48.8 Å². The quantitative estimate of drug-likeness (QED) is 0.805. The highest BCUT2D eigenvalue weighted by molar-refractivity contribution is 6.04. The van der Waals surface area contributed by atoms with E-state index in [4.69, 9.17) is 4.74 Å². The minimum atomic E-state index is -0.390. The maximum Gasteiger partial charge on any atom is 0.275 e. The number of hydrogen-bond acceptors (Lipinski definition) is 3. The molecular formula is C16H14FN3O2. The highest BCUT2D eigenvalue weighted by Gasteiger charge is 2.13. The van der Waals surface area contributed by atoms with E-state index >= 15 is 0 Å². The lowest BCUT2D eigenvalue weighted by Crippen LogP contribution is -2.13. The van der Waals surface area contributed by atoms with Crippen LogP contribution in [0.5, 0.6) is 5.75 Å². The molecule has 2 heterocycles. The monoisotopic (exact) mass is 299 g/mol. The molecule has 112 valence electrons. The van der Waals surface area contributed by atoms with Gasteiger partial charge in [0.05, 0.1) is 12.3 Å². The Balaban J connectivity index is 1.87. The summed E-state index contributed by atoms with van der Waals surface area (Å²) in [6.45, 7) is 2.37. The number of benzene rings is 1. The molecule has 0 aliphatic heterocycles. The van der Waals surface area contributed by atoms with Gasteiger partial charge in [0.2, 0.25) is 0 Å². The minimum absolute atomic E-state index is 0.205. The van der Waals surface area contributed by atoms with E-state index in [0.717, 1.165) is 0 Å². The smallest absolute Gasteiger partial charge is 0.275 e. The molecule has 1 aromatic carbocycles. The largest absolute Gasteiger partial charge is 0.492 e. The number of pyridine rings is 1. The molecule has 1 N–H and O–H groups in total. The molecule has 0 unspecified atom stereocenters. The van der Waals surface area contributed by atoms with Crippen molar-refractivity contribution in [1.82, 2.24) is 9.38 Å². The molecule has 0 atom stereocenters. The molecule has 1 amide bonds. The third kappa shape index (κ3) is 2.76. The second-order valence-corrected chi connectivity index (χ2v) is 4.62. The molecule has 3 aromatic rings. The molecule has 0 saturated heterocycles. The van der Waals surface area contributed by atoms with Crippen molar-refractivity contribution >= 4 is 17.2 Å². The Bertz CT molecular complexity index is 829. The van der Waals surface area contributed by atoms with Gasteiger partial charge in [-0.05, 0) is 31.2 Å². The molecule has 2 aromatic heterocycles. The molecule has 0 saturated carbocycles. The van der Waals surface area contributed by atoms with Gasteiger partial charge < -0.3 is 14.5 Å². The average Bonchev–Trinajstić information content (AvgIpc) is 2.92. The third-order valence-electron chi connectivity index (χ3n) is 3.08. The second-order valence-electron chi connectivity index (χ2n) is 4.62. The topological polar surface area (TPSA) is 55.6 Å². The van der Waals surface area contributed by atoms with Gasteiger partial charge in [0.25, 0.3) is 5.91 Å². The van der Waals surface area contributed by atoms with Gasteiger partial charge in [-0.3, -0.25) is 4.79 Å². The standard InChI is InChI=1S/C16H14FN3O2/c1-2-22-14-6-4-3-5-12(14)19-16(21)13-10-20-9-11(17)7-8-15(20)18-13/h3-10H,2H2,1H3,(H,19,21). The predicted molar refractivity (Wildman–Crippen MR) is 80.7 cm³/mol. The minimum Gasteiger partial charge on any atom is -0.492 e. The van der Waals surface area contributed by atoms with E-state index in [2.05, 4.69) is 10.3 Å². The number of nitrogens with zero attached hydrogens (tertiary/aromatic N) is 2. The van der Waals surface area contributed by atoms with Crippen LogP contribution < -0.4 is 10.1 Å². The van der Waals surface area contributed by atoms with Crippen molar-refractivity contribution in [3.8, 4) is 5.75 Å². The first-order valence-electron chi connectivity index (χ1n) is 6.85. The van der Waals surface area contributed by atoms with E-state index < -0.39 is 5.82 Å². The maximum atomic E-state index is 13.2. The zero-order valence-corrected chi connectivity index (χ0v) is 11.9. The van der Waals surface area contributed by atoms with Crippen LogP contribution in [-0.4, -0.2) is 21.9 Å². The van der Waals surface area contributed by atoms with Crippen molar-refractivity contribution in [3.05, 3.63) is 60.3 Å². The van der Waals surface area contributed by atoms with Crippen LogP contribution >= 0.6 is 0 Å². The first-order valence-corrected chi connectivity index (χ1v) is 6.85. The number of aromatic nitrogens is 2. The highest BCUT2D eigenvalue weighted by atomic mass is 19.1. The molecule has 0 aliphatic carbocycles. The van der Waals surface area contributed by atoms with E-state index in [1.54, 1.807) is 18.2 Å². The second kappa shape index (κ2) is 5.85. The number of imidazole rings is 1. The number of hydrogen-bond donors (Lipinski definition) is 1. The maximum absolute atomic E-state index is 13.2. The number of carbonyl (C=O) groups excluding carboxylic acids is 1. The van der Waals surface area contributed by atoms with Crippen molar-refractivity contribution < 1.29 is 13.9 Å². The van der Waals surface area contributed by atoms with Gasteiger partial charge in [0.15, 0.2) is 0 Å². The Kier molecular flexibility index (Phi) is 3.74. The zero-order valence-electron chi connectivity index (χ0n) is 11.9. The summed E-state index contributed by atoms with van der Waals surface area (Å²) >= 11 is 0. The normalized spacial score (nSPS) is 10.6. The van der Waals surface area contributed by atoms with Crippen LogP contribution in [0.4, 0.5) is 10.1 Å². The number of nitrogens with one attached hydrogen (secondary N) is 1. The van der Waals surface area contributed by atoms with Gasteiger partial charge in [0, 0.05) is 12.4 Å². The number of fused-ring (bicyclic) bond motifs is 1. The molecule has 6 heteroatoms. The summed E-state index contributed by atoms with van der Waals surface area (Å²) in [4.78, 5) is 16.5. The molecule has 22 heavy (non-hydrogen) atoms. The van der Waals surface area contributed by atoms with Gasteiger partial charge in [-0.1, -0.05) is 12.1 Å². The number of para-hydroxylation sites is 2. The Morgan fingerprint density at radius 3 is 2.91 bits per heavy atom. The fourth-order valence-electron chi connectivity index (χ4n) is 2.11. The lowest BCUT2D eigenvalue weighted by atomic mass is 10.3. The first kappa shape index (κ1) is 14.1. The number of rotatable bonds is 4. The summed E-state index contributed by atoms with van der Waals surface area (Å²) in [6.07, 6.45) is 2.75. The van der Waals surface area contributed by atoms with Gasteiger partial charge in [-0.2, -0.15) is 0 Å². The Labute approximate surface area is 126 Å². The summed E-state index contributed by atoms with van der Waals surface area (Å²) in [5, 5.41) is 2.75. The van der Waals surface area contributed by atoms with E-state index in [0.29, 0.717) is 23.7 Å². The van der Waals surface area contributed by atoms with E-state index in [-0.39, 0.29) is 11.6 Å². The van der Waals surface area contributed by atoms with Crippen LogP contribution in [-0.2, 0) is 0 Å². The summed E-state index contributed by atoms with van der Waals surface area (Å²) < 4.78 is 20.1.